The quantitative estimate of drug-likeness (QED) is 0.255. The predicted molar refractivity (Wildman–Crippen MR) is 179 cm³/mol. The van der Waals surface area contributed by atoms with Crippen molar-refractivity contribution >= 4 is 17.6 Å². The van der Waals surface area contributed by atoms with Crippen LogP contribution in [0.4, 0.5) is 5.69 Å². The minimum atomic E-state index is -1.16. The van der Waals surface area contributed by atoms with E-state index in [1.165, 1.54) is 32.1 Å². The van der Waals surface area contributed by atoms with E-state index in [4.69, 9.17) is 9.72 Å². The fourth-order valence-electron chi connectivity index (χ4n) is 7.29. The number of amides is 1. The fourth-order valence-corrected chi connectivity index (χ4v) is 7.29. The summed E-state index contributed by atoms with van der Waals surface area (Å²) in [6.07, 6.45) is 7.74. The van der Waals surface area contributed by atoms with Gasteiger partial charge in [0.15, 0.2) is 6.10 Å². The molecule has 240 valence electrons. The molecule has 0 bridgehead atoms. The number of aliphatic carboxylic acids is 1. The smallest absolute Gasteiger partial charge is 0.337 e. The van der Waals surface area contributed by atoms with Gasteiger partial charge in [0.1, 0.15) is 0 Å². The molecule has 5 rings (SSSR count). The first-order chi connectivity index (χ1) is 21.5. The molecule has 1 saturated heterocycles. The van der Waals surface area contributed by atoms with Crippen molar-refractivity contribution in [2.24, 2.45) is 11.8 Å². The molecule has 7 heteroatoms. The highest BCUT2D eigenvalue weighted by Gasteiger charge is 2.36. The van der Waals surface area contributed by atoms with E-state index in [1.54, 1.807) is 0 Å². The van der Waals surface area contributed by atoms with Gasteiger partial charge in [-0.2, -0.15) is 0 Å². The Balaban J connectivity index is 1.50. The number of hydrogen-bond donors (Lipinski definition) is 2. The van der Waals surface area contributed by atoms with E-state index in [9.17, 15) is 14.7 Å². The van der Waals surface area contributed by atoms with E-state index < -0.39 is 17.7 Å². The monoisotopic (exact) mass is 611 g/mol. The Morgan fingerprint density at radius 2 is 1.53 bits per heavy atom. The zero-order valence-electron chi connectivity index (χ0n) is 27.6. The lowest BCUT2D eigenvalue weighted by molar-refractivity contribution is -0.160. The average molecular weight is 612 g/mol. The van der Waals surface area contributed by atoms with Gasteiger partial charge in [-0.1, -0.05) is 74.6 Å². The molecule has 1 amide bonds. The lowest BCUT2D eigenvalue weighted by atomic mass is 9.75. The van der Waals surface area contributed by atoms with Crippen LogP contribution in [-0.2, 0) is 16.1 Å². The summed E-state index contributed by atoms with van der Waals surface area (Å²) in [6, 6.07) is 17.4. The summed E-state index contributed by atoms with van der Waals surface area (Å²) in [5, 5.41) is 13.5. The minimum Gasteiger partial charge on any atom is -0.479 e. The number of carboxylic acid groups (broad SMARTS) is 1. The van der Waals surface area contributed by atoms with Crippen LogP contribution in [0.15, 0.2) is 54.6 Å². The van der Waals surface area contributed by atoms with Gasteiger partial charge < -0.3 is 20.1 Å². The Labute approximate surface area is 268 Å². The molecule has 1 aliphatic carbocycles. The van der Waals surface area contributed by atoms with Crippen molar-refractivity contribution in [1.29, 1.82) is 0 Å². The number of anilines is 1. The van der Waals surface area contributed by atoms with Crippen LogP contribution in [0.1, 0.15) is 105 Å². The van der Waals surface area contributed by atoms with Crippen LogP contribution in [0.3, 0.4) is 0 Å². The summed E-state index contributed by atoms with van der Waals surface area (Å²) in [6.45, 7) is 11.7. The van der Waals surface area contributed by atoms with Crippen LogP contribution in [0, 0.1) is 25.7 Å². The second kappa shape index (κ2) is 14.2. The molecule has 2 aliphatic rings. The number of ether oxygens (including phenoxy) is 1. The Morgan fingerprint density at radius 1 is 0.911 bits per heavy atom. The molecular weight excluding hydrogens is 562 g/mol. The number of pyridine rings is 1. The van der Waals surface area contributed by atoms with E-state index in [2.05, 4.69) is 10.2 Å². The number of hydrogen-bond acceptors (Lipinski definition) is 5. The van der Waals surface area contributed by atoms with E-state index in [0.717, 1.165) is 59.9 Å². The second-order valence-corrected chi connectivity index (χ2v) is 13.8. The molecule has 1 saturated carbocycles. The number of aryl methyl sites for hydroxylation is 2. The summed E-state index contributed by atoms with van der Waals surface area (Å²) < 4.78 is 6.24. The van der Waals surface area contributed by atoms with Gasteiger partial charge in [-0.25, -0.2) is 4.79 Å². The first-order valence-electron chi connectivity index (χ1n) is 16.6. The van der Waals surface area contributed by atoms with Crippen LogP contribution in [0.5, 0.6) is 0 Å². The molecule has 1 atom stereocenters. The van der Waals surface area contributed by atoms with Gasteiger partial charge in [0.2, 0.25) is 0 Å². The Hall–Kier alpha value is -3.71. The van der Waals surface area contributed by atoms with Crippen LogP contribution in [0.25, 0.3) is 11.1 Å². The summed E-state index contributed by atoms with van der Waals surface area (Å²) in [5.41, 5.74) is 5.80. The molecule has 7 nitrogen and oxygen atoms in total. The molecule has 2 fully saturated rings. The molecule has 2 heterocycles. The normalized spacial score (nSPS) is 17.2. The third-order valence-corrected chi connectivity index (χ3v) is 9.44. The lowest BCUT2D eigenvalue weighted by Gasteiger charge is -2.41. The zero-order chi connectivity index (χ0) is 32.1. The first-order valence-corrected chi connectivity index (χ1v) is 16.6. The SMILES string of the molecule is Cc1nc(C)c([C@H](OC(C)(C)C)C(=O)O)c(N2CCC(C3CCCCC3)CC2)c1-c1ccc(C(=O)NCc2ccccc2)cc1. The van der Waals surface area contributed by atoms with E-state index in [0.29, 0.717) is 29.3 Å². The van der Waals surface area contributed by atoms with E-state index in [1.807, 2.05) is 89.2 Å². The number of aromatic nitrogens is 1. The third-order valence-electron chi connectivity index (χ3n) is 9.44. The van der Waals surface area contributed by atoms with E-state index in [-0.39, 0.29) is 5.91 Å². The third kappa shape index (κ3) is 7.93. The van der Waals surface area contributed by atoms with Crippen LogP contribution >= 0.6 is 0 Å². The molecule has 0 spiro atoms. The molecule has 45 heavy (non-hydrogen) atoms. The highest BCUT2D eigenvalue weighted by Crippen LogP contribution is 2.45. The van der Waals surface area contributed by atoms with Gasteiger partial charge in [0.05, 0.1) is 11.3 Å². The maximum absolute atomic E-state index is 13.0. The predicted octanol–water partition coefficient (Wildman–Crippen LogP) is 8.03. The van der Waals surface area contributed by atoms with Gasteiger partial charge >= 0.3 is 5.97 Å². The van der Waals surface area contributed by atoms with Gasteiger partial charge in [-0.15, -0.1) is 0 Å². The molecule has 1 aliphatic heterocycles. The molecule has 0 unspecified atom stereocenters. The zero-order valence-corrected chi connectivity index (χ0v) is 27.6. The largest absolute Gasteiger partial charge is 0.479 e. The lowest BCUT2D eigenvalue weighted by Crippen LogP contribution is -2.39. The van der Waals surface area contributed by atoms with Crippen molar-refractivity contribution in [3.63, 3.8) is 0 Å². The maximum atomic E-state index is 13.0. The summed E-state index contributed by atoms with van der Waals surface area (Å²) in [4.78, 5) is 33.1. The van der Waals surface area contributed by atoms with Crippen molar-refractivity contribution in [3.8, 4) is 11.1 Å². The Morgan fingerprint density at radius 3 is 2.13 bits per heavy atom. The number of piperidine rings is 1. The van der Waals surface area contributed by atoms with Crippen LogP contribution in [0.2, 0.25) is 0 Å². The number of carbonyl (C=O) groups excluding carboxylic acids is 1. The number of carboxylic acids is 1. The fraction of sp³-hybridized carbons (Fsp3) is 0.500. The van der Waals surface area contributed by atoms with Crippen molar-refractivity contribution in [3.05, 3.63) is 82.7 Å². The van der Waals surface area contributed by atoms with Crippen LogP contribution < -0.4 is 10.2 Å². The molecule has 3 aromatic rings. The van der Waals surface area contributed by atoms with Gasteiger partial charge in [0, 0.05) is 47.7 Å². The van der Waals surface area contributed by atoms with Gasteiger partial charge in [-0.3, -0.25) is 9.78 Å². The Kier molecular flexibility index (Phi) is 10.3. The molecule has 1 aromatic heterocycles. The van der Waals surface area contributed by atoms with Gasteiger partial charge in [-0.05, 0) is 82.6 Å². The Bertz CT molecular complexity index is 1470. The maximum Gasteiger partial charge on any atom is 0.337 e. The highest BCUT2D eigenvalue weighted by atomic mass is 16.5. The molecule has 2 aromatic carbocycles. The standard InChI is InChI=1S/C38H49N3O4/c1-25-32(30-16-18-31(19-17-30)36(42)39-24-27-12-8-6-9-13-27)34(33(26(2)40-25)35(37(43)44)45-38(3,4)5)41-22-20-29(21-23-41)28-14-10-7-11-15-28/h6,8-9,12-13,16-19,28-29,35H,7,10-11,14-15,20-24H2,1-5H3,(H,39,42)(H,43,44)/t35-/m0/s1. The average Bonchev–Trinajstić information content (AvgIpc) is 3.03. The number of nitrogens with one attached hydrogen (secondary N) is 1. The molecule has 2 N–H and O–H groups in total. The summed E-state index contributed by atoms with van der Waals surface area (Å²) in [7, 11) is 0. The van der Waals surface area contributed by atoms with Crippen molar-refractivity contribution in [1.82, 2.24) is 10.3 Å². The first kappa shape index (κ1) is 32.7. The van der Waals surface area contributed by atoms with Gasteiger partial charge in [0.25, 0.3) is 5.91 Å². The van der Waals surface area contributed by atoms with Crippen molar-refractivity contribution in [2.75, 3.05) is 18.0 Å². The topological polar surface area (TPSA) is 91.8 Å². The number of benzene rings is 2. The van der Waals surface area contributed by atoms with Crippen LogP contribution in [-0.4, -0.2) is 40.7 Å². The molecular formula is C38H49N3O4. The minimum absolute atomic E-state index is 0.139. The van der Waals surface area contributed by atoms with E-state index >= 15 is 0 Å². The summed E-state index contributed by atoms with van der Waals surface area (Å²) in [5.74, 6) is 0.359. The second-order valence-electron chi connectivity index (χ2n) is 13.8. The molecule has 0 radical (unpaired) electrons. The van der Waals surface area contributed by atoms with Crippen molar-refractivity contribution < 1.29 is 19.4 Å². The number of carbonyl (C=O) groups is 2. The highest BCUT2D eigenvalue weighted by molar-refractivity contribution is 5.95. The number of nitrogens with zero attached hydrogens (tertiary/aromatic N) is 2. The summed E-state index contributed by atoms with van der Waals surface area (Å²) >= 11 is 0. The number of rotatable bonds is 9. The van der Waals surface area contributed by atoms with Crippen molar-refractivity contribution in [2.45, 2.75) is 97.8 Å².